The number of aromatic nitrogens is 4. The number of ether oxygens (including phenoxy) is 1. The molecule has 0 bridgehead atoms. The minimum atomic E-state index is -0.589. The number of benzene rings is 2. The first-order chi connectivity index (χ1) is 16.4. The number of imidazole rings is 1. The van der Waals surface area contributed by atoms with E-state index >= 15 is 0 Å². The van der Waals surface area contributed by atoms with Crippen LogP contribution in [0.15, 0.2) is 64.4 Å². The minimum absolute atomic E-state index is 0.219. The number of hydrogen-bond donors (Lipinski definition) is 1. The molecule has 0 aliphatic carbocycles. The molecule has 2 aromatic carbocycles. The van der Waals surface area contributed by atoms with E-state index in [0.717, 1.165) is 21.3 Å². The lowest BCUT2D eigenvalue weighted by molar-refractivity contribution is -0.116. The fourth-order valence-electron chi connectivity index (χ4n) is 3.81. The van der Waals surface area contributed by atoms with E-state index in [9.17, 15) is 14.4 Å². The summed E-state index contributed by atoms with van der Waals surface area (Å²) in [5.41, 5.74) is 3.00. The molecule has 4 rings (SSSR count). The number of fused-ring (bicyclic) bond motifs is 1. The van der Waals surface area contributed by atoms with Crippen molar-refractivity contribution in [3.05, 3.63) is 92.4 Å². The zero-order valence-corrected chi connectivity index (χ0v) is 19.4. The lowest BCUT2D eigenvalue weighted by Gasteiger charge is -2.13. The Morgan fingerprint density at radius 1 is 1.03 bits per heavy atom. The van der Waals surface area contributed by atoms with Gasteiger partial charge in [0.25, 0.3) is 5.56 Å². The highest BCUT2D eigenvalue weighted by molar-refractivity contribution is 5.90. The molecule has 0 fully saturated rings. The van der Waals surface area contributed by atoms with E-state index in [4.69, 9.17) is 4.74 Å². The standard InChI is InChI=1S/C25H27N5O4/c1-17-9-10-20(13-18(17)2)27-21(31)15-30-24(32)22-23(26-16-28(22)11-12-34-3)29(25(30)33)14-19-7-5-4-6-8-19/h4-10,13,16H,11-12,14-15H2,1-3H3,(H,27,31). The fraction of sp³-hybridized carbons (Fsp3) is 0.280. The lowest BCUT2D eigenvalue weighted by Crippen LogP contribution is -2.43. The molecule has 0 saturated carbocycles. The number of nitrogens with one attached hydrogen (secondary N) is 1. The zero-order valence-electron chi connectivity index (χ0n) is 19.4. The summed E-state index contributed by atoms with van der Waals surface area (Å²) in [6.07, 6.45) is 1.52. The van der Waals surface area contributed by atoms with E-state index in [1.54, 1.807) is 17.7 Å². The average molecular weight is 462 g/mol. The number of methoxy groups -OCH3 is 1. The van der Waals surface area contributed by atoms with Crippen molar-refractivity contribution in [2.75, 3.05) is 19.0 Å². The van der Waals surface area contributed by atoms with Crippen molar-refractivity contribution in [1.82, 2.24) is 18.7 Å². The van der Waals surface area contributed by atoms with Crippen LogP contribution in [0, 0.1) is 13.8 Å². The summed E-state index contributed by atoms with van der Waals surface area (Å²) in [5, 5.41) is 2.78. The Labute approximate surface area is 196 Å². The van der Waals surface area contributed by atoms with Gasteiger partial charge in [-0.2, -0.15) is 0 Å². The van der Waals surface area contributed by atoms with Crippen molar-refractivity contribution in [1.29, 1.82) is 0 Å². The molecule has 2 aromatic heterocycles. The van der Waals surface area contributed by atoms with Crippen molar-refractivity contribution in [3.63, 3.8) is 0 Å². The molecule has 0 spiro atoms. The largest absolute Gasteiger partial charge is 0.383 e. The van der Waals surface area contributed by atoms with E-state index in [1.165, 1.54) is 10.9 Å². The second-order valence-electron chi connectivity index (χ2n) is 8.20. The summed E-state index contributed by atoms with van der Waals surface area (Å²) in [5.74, 6) is -0.462. The number of carbonyl (C=O) groups excluding carboxylic acids is 1. The molecular formula is C25H27N5O4. The normalized spacial score (nSPS) is 11.1. The van der Waals surface area contributed by atoms with Crippen molar-refractivity contribution in [3.8, 4) is 0 Å². The maximum absolute atomic E-state index is 13.4. The van der Waals surface area contributed by atoms with Crippen molar-refractivity contribution >= 4 is 22.8 Å². The third-order valence-corrected chi connectivity index (χ3v) is 5.80. The maximum atomic E-state index is 13.4. The summed E-state index contributed by atoms with van der Waals surface area (Å²) in [6.45, 7) is 4.50. The first kappa shape index (κ1) is 23.2. The highest BCUT2D eigenvalue weighted by Crippen LogP contribution is 2.14. The number of hydrogen-bond acceptors (Lipinski definition) is 5. The quantitative estimate of drug-likeness (QED) is 0.434. The monoisotopic (exact) mass is 461 g/mol. The number of carbonyl (C=O) groups is 1. The van der Waals surface area contributed by atoms with Crippen LogP contribution in [0.3, 0.4) is 0 Å². The maximum Gasteiger partial charge on any atom is 0.333 e. The van der Waals surface area contributed by atoms with Gasteiger partial charge in [-0.1, -0.05) is 36.4 Å². The summed E-state index contributed by atoms with van der Waals surface area (Å²) >= 11 is 0. The molecule has 0 radical (unpaired) electrons. The molecule has 1 N–H and O–H groups in total. The molecule has 0 atom stereocenters. The van der Waals surface area contributed by atoms with Gasteiger partial charge < -0.3 is 14.6 Å². The van der Waals surface area contributed by atoms with Gasteiger partial charge in [0.15, 0.2) is 11.2 Å². The Balaban J connectivity index is 1.76. The van der Waals surface area contributed by atoms with Gasteiger partial charge >= 0.3 is 5.69 Å². The number of aryl methyl sites for hydroxylation is 2. The van der Waals surface area contributed by atoms with Gasteiger partial charge in [0.2, 0.25) is 5.91 Å². The molecule has 176 valence electrons. The van der Waals surface area contributed by atoms with Gasteiger partial charge in [0.05, 0.1) is 19.5 Å². The van der Waals surface area contributed by atoms with Gasteiger partial charge in [-0.15, -0.1) is 0 Å². The Hall–Kier alpha value is -3.98. The SMILES string of the molecule is COCCn1cnc2c1c(=O)n(CC(=O)Nc1ccc(C)c(C)c1)c(=O)n2Cc1ccccc1. The topological polar surface area (TPSA) is 100 Å². The Kier molecular flexibility index (Phi) is 6.74. The van der Waals surface area contributed by atoms with Crippen molar-refractivity contribution in [2.45, 2.75) is 33.5 Å². The van der Waals surface area contributed by atoms with Crippen molar-refractivity contribution < 1.29 is 9.53 Å². The molecule has 0 aliphatic rings. The van der Waals surface area contributed by atoms with Gasteiger partial charge in [-0.25, -0.2) is 14.3 Å². The predicted molar refractivity (Wildman–Crippen MR) is 130 cm³/mol. The second kappa shape index (κ2) is 9.88. The number of rotatable bonds is 8. The van der Waals surface area contributed by atoms with E-state index in [-0.39, 0.29) is 17.7 Å². The molecular weight excluding hydrogens is 434 g/mol. The molecule has 0 unspecified atom stereocenters. The first-order valence-corrected chi connectivity index (χ1v) is 11.0. The number of anilines is 1. The van der Waals surface area contributed by atoms with Gasteiger partial charge in [0.1, 0.15) is 6.54 Å². The van der Waals surface area contributed by atoms with Crippen LogP contribution in [-0.4, -0.2) is 38.3 Å². The summed E-state index contributed by atoms with van der Waals surface area (Å²) < 4.78 is 9.19. The predicted octanol–water partition coefficient (Wildman–Crippen LogP) is 2.31. The number of nitrogens with zero attached hydrogens (tertiary/aromatic N) is 4. The smallest absolute Gasteiger partial charge is 0.333 e. The molecule has 9 heteroatoms. The van der Waals surface area contributed by atoms with Crippen LogP contribution in [0.1, 0.15) is 16.7 Å². The Morgan fingerprint density at radius 2 is 1.79 bits per heavy atom. The Morgan fingerprint density at radius 3 is 2.50 bits per heavy atom. The lowest BCUT2D eigenvalue weighted by atomic mass is 10.1. The first-order valence-electron chi connectivity index (χ1n) is 11.0. The van der Waals surface area contributed by atoms with Crippen LogP contribution in [0.2, 0.25) is 0 Å². The van der Waals surface area contributed by atoms with Crippen LogP contribution in [0.5, 0.6) is 0 Å². The van der Waals surface area contributed by atoms with Crippen molar-refractivity contribution in [2.24, 2.45) is 0 Å². The van der Waals surface area contributed by atoms with Crippen LogP contribution in [0.4, 0.5) is 5.69 Å². The molecule has 4 aromatic rings. The van der Waals surface area contributed by atoms with E-state index < -0.39 is 23.7 Å². The highest BCUT2D eigenvalue weighted by atomic mass is 16.5. The third kappa shape index (κ3) is 4.69. The summed E-state index contributed by atoms with van der Waals surface area (Å²) in [4.78, 5) is 43.9. The second-order valence-corrected chi connectivity index (χ2v) is 8.20. The molecule has 9 nitrogen and oxygen atoms in total. The summed E-state index contributed by atoms with van der Waals surface area (Å²) in [6, 6.07) is 15.0. The molecule has 2 heterocycles. The fourth-order valence-corrected chi connectivity index (χ4v) is 3.81. The number of amides is 1. The molecule has 0 aliphatic heterocycles. The molecule has 34 heavy (non-hydrogen) atoms. The van der Waals surface area contributed by atoms with E-state index in [2.05, 4.69) is 10.3 Å². The highest BCUT2D eigenvalue weighted by Gasteiger charge is 2.20. The average Bonchev–Trinajstić information content (AvgIpc) is 3.25. The van der Waals surface area contributed by atoms with Gasteiger partial charge in [-0.3, -0.25) is 14.2 Å². The van der Waals surface area contributed by atoms with Gasteiger partial charge in [0, 0.05) is 19.3 Å². The molecule has 1 amide bonds. The minimum Gasteiger partial charge on any atom is -0.383 e. The summed E-state index contributed by atoms with van der Waals surface area (Å²) in [7, 11) is 1.57. The third-order valence-electron chi connectivity index (χ3n) is 5.80. The van der Waals surface area contributed by atoms with E-state index in [1.807, 2.05) is 56.3 Å². The van der Waals surface area contributed by atoms with Crippen LogP contribution >= 0.6 is 0 Å². The zero-order chi connectivity index (χ0) is 24.2. The molecule has 0 saturated heterocycles. The Bertz CT molecular complexity index is 1450. The van der Waals surface area contributed by atoms with E-state index in [0.29, 0.717) is 18.8 Å². The van der Waals surface area contributed by atoms with Crippen LogP contribution < -0.4 is 16.6 Å². The van der Waals surface area contributed by atoms with Crippen LogP contribution in [-0.2, 0) is 29.2 Å². The van der Waals surface area contributed by atoms with Gasteiger partial charge in [-0.05, 0) is 42.7 Å². The van der Waals surface area contributed by atoms with Crippen LogP contribution in [0.25, 0.3) is 11.2 Å².